The average Bonchev–Trinajstić information content (AvgIpc) is 2.93. The molecule has 0 aliphatic rings. The smallest absolute Gasteiger partial charge is 0.263 e. The Morgan fingerprint density at radius 2 is 1.64 bits per heavy atom. The van der Waals surface area contributed by atoms with Crippen molar-refractivity contribution in [3.05, 3.63) is 73.8 Å². The van der Waals surface area contributed by atoms with Gasteiger partial charge in [0.2, 0.25) is 0 Å². The van der Waals surface area contributed by atoms with Crippen LogP contribution >= 0.6 is 27.5 Å². The van der Waals surface area contributed by atoms with E-state index in [1.807, 2.05) is 58.0 Å². The molecule has 3 rings (SSSR count). The summed E-state index contributed by atoms with van der Waals surface area (Å²) in [6.45, 7) is 7.98. The van der Waals surface area contributed by atoms with Crippen LogP contribution in [-0.2, 0) is 16.6 Å². The van der Waals surface area contributed by atoms with Crippen LogP contribution in [0, 0.1) is 27.7 Å². The summed E-state index contributed by atoms with van der Waals surface area (Å²) >= 11 is 9.32. The fourth-order valence-corrected chi connectivity index (χ4v) is 5.39. The van der Waals surface area contributed by atoms with Gasteiger partial charge in [-0.25, -0.2) is 8.42 Å². The SMILES string of the molecule is Cc1cc(C)c(C)c(S(=O)(=O)Nc2nn(Cc3ccc(Cl)cc3)cc2Br)c1C. The van der Waals surface area contributed by atoms with Crippen molar-refractivity contribution in [3.8, 4) is 0 Å². The molecule has 0 saturated carbocycles. The molecule has 0 atom stereocenters. The number of nitrogens with one attached hydrogen (secondary N) is 1. The number of benzene rings is 2. The van der Waals surface area contributed by atoms with E-state index in [4.69, 9.17) is 11.6 Å². The molecule has 0 fully saturated rings. The molecule has 0 aliphatic heterocycles. The van der Waals surface area contributed by atoms with Gasteiger partial charge in [0.05, 0.1) is 15.9 Å². The van der Waals surface area contributed by atoms with Gasteiger partial charge in [0.1, 0.15) is 0 Å². The molecular weight excluding hydrogens is 462 g/mol. The van der Waals surface area contributed by atoms with Gasteiger partial charge in [-0.3, -0.25) is 9.40 Å². The van der Waals surface area contributed by atoms with Crippen molar-refractivity contribution in [2.45, 2.75) is 39.1 Å². The largest absolute Gasteiger partial charge is 0.265 e. The Morgan fingerprint density at radius 3 is 2.21 bits per heavy atom. The van der Waals surface area contributed by atoms with Crippen molar-refractivity contribution < 1.29 is 8.42 Å². The van der Waals surface area contributed by atoms with Gasteiger partial charge in [-0.15, -0.1) is 0 Å². The minimum atomic E-state index is -3.78. The molecule has 0 bridgehead atoms. The molecule has 2 aromatic carbocycles. The number of rotatable bonds is 5. The molecule has 148 valence electrons. The molecule has 1 aromatic heterocycles. The highest BCUT2D eigenvalue weighted by molar-refractivity contribution is 9.10. The van der Waals surface area contributed by atoms with Crippen molar-refractivity contribution in [3.63, 3.8) is 0 Å². The van der Waals surface area contributed by atoms with E-state index in [-0.39, 0.29) is 5.82 Å². The second kappa shape index (κ2) is 7.89. The molecule has 0 amide bonds. The highest BCUT2D eigenvalue weighted by Crippen LogP contribution is 2.29. The van der Waals surface area contributed by atoms with Crippen LogP contribution in [0.2, 0.25) is 5.02 Å². The third-order valence-electron chi connectivity index (χ3n) is 4.77. The third kappa shape index (κ3) is 4.26. The predicted octanol–water partition coefficient (Wildman–Crippen LogP) is 5.38. The highest BCUT2D eigenvalue weighted by Gasteiger charge is 2.24. The molecule has 1 N–H and O–H groups in total. The van der Waals surface area contributed by atoms with Gasteiger partial charge >= 0.3 is 0 Å². The quantitative estimate of drug-likeness (QED) is 0.531. The lowest BCUT2D eigenvalue weighted by atomic mass is 10.0. The van der Waals surface area contributed by atoms with Gasteiger partial charge < -0.3 is 0 Å². The molecule has 5 nitrogen and oxygen atoms in total. The molecule has 0 saturated heterocycles. The minimum absolute atomic E-state index is 0.256. The van der Waals surface area contributed by atoms with Crippen LogP contribution in [0.5, 0.6) is 0 Å². The number of nitrogens with zero attached hydrogens (tertiary/aromatic N) is 2. The Morgan fingerprint density at radius 1 is 1.07 bits per heavy atom. The van der Waals surface area contributed by atoms with E-state index in [0.29, 0.717) is 20.9 Å². The number of sulfonamides is 1. The Hall–Kier alpha value is -1.83. The number of halogens is 2. The first-order chi connectivity index (χ1) is 13.1. The van der Waals surface area contributed by atoms with Gasteiger partial charge in [0, 0.05) is 11.2 Å². The Balaban J connectivity index is 1.92. The monoisotopic (exact) mass is 481 g/mol. The van der Waals surface area contributed by atoms with Crippen molar-refractivity contribution >= 4 is 43.4 Å². The van der Waals surface area contributed by atoms with Crippen molar-refractivity contribution in [1.29, 1.82) is 0 Å². The first kappa shape index (κ1) is 20.9. The maximum Gasteiger partial charge on any atom is 0.263 e. The van der Waals surface area contributed by atoms with E-state index >= 15 is 0 Å². The molecule has 3 aromatic rings. The van der Waals surface area contributed by atoms with Crippen LogP contribution in [0.1, 0.15) is 27.8 Å². The van der Waals surface area contributed by atoms with E-state index in [9.17, 15) is 8.42 Å². The number of anilines is 1. The lowest BCUT2D eigenvalue weighted by molar-refractivity contribution is 0.599. The summed E-state index contributed by atoms with van der Waals surface area (Å²) in [6, 6.07) is 9.43. The molecular formula is C20H21BrClN3O2S. The molecule has 0 unspecified atom stereocenters. The highest BCUT2D eigenvalue weighted by atomic mass is 79.9. The summed E-state index contributed by atoms with van der Waals surface area (Å²) in [4.78, 5) is 0.309. The van der Waals surface area contributed by atoms with Crippen molar-refractivity contribution in [1.82, 2.24) is 9.78 Å². The van der Waals surface area contributed by atoms with Crippen molar-refractivity contribution in [2.24, 2.45) is 0 Å². The normalized spacial score (nSPS) is 11.6. The second-order valence-corrected chi connectivity index (χ2v) is 9.75. The Labute approximate surface area is 178 Å². The van der Waals surface area contributed by atoms with Crippen LogP contribution < -0.4 is 4.72 Å². The summed E-state index contributed by atoms with van der Waals surface area (Å²) in [6.07, 6.45) is 1.74. The van der Waals surface area contributed by atoms with E-state index in [2.05, 4.69) is 25.8 Å². The zero-order valence-corrected chi connectivity index (χ0v) is 19.2. The minimum Gasteiger partial charge on any atom is -0.265 e. The lowest BCUT2D eigenvalue weighted by Gasteiger charge is -2.16. The number of hydrogen-bond donors (Lipinski definition) is 1. The van der Waals surface area contributed by atoms with Gasteiger partial charge in [-0.2, -0.15) is 5.10 Å². The molecule has 8 heteroatoms. The predicted molar refractivity (Wildman–Crippen MR) is 117 cm³/mol. The fourth-order valence-electron chi connectivity index (χ4n) is 3.09. The average molecular weight is 483 g/mol. The van der Waals surface area contributed by atoms with Gasteiger partial charge in [-0.1, -0.05) is 29.8 Å². The molecule has 0 aliphatic carbocycles. The maximum absolute atomic E-state index is 13.1. The number of aromatic nitrogens is 2. The number of hydrogen-bond acceptors (Lipinski definition) is 3. The molecule has 1 heterocycles. The van der Waals surface area contributed by atoms with Crippen LogP contribution in [-0.4, -0.2) is 18.2 Å². The Kier molecular flexibility index (Phi) is 5.89. The van der Waals surface area contributed by atoms with E-state index in [0.717, 1.165) is 27.8 Å². The summed E-state index contributed by atoms with van der Waals surface area (Å²) in [5.41, 5.74) is 4.38. The molecule has 28 heavy (non-hydrogen) atoms. The number of aryl methyl sites for hydroxylation is 2. The van der Waals surface area contributed by atoms with Crippen LogP contribution in [0.4, 0.5) is 5.82 Å². The van der Waals surface area contributed by atoms with Crippen molar-refractivity contribution in [2.75, 3.05) is 4.72 Å². The molecule has 0 spiro atoms. The first-order valence-electron chi connectivity index (χ1n) is 8.66. The fraction of sp³-hybridized carbons (Fsp3) is 0.250. The summed E-state index contributed by atoms with van der Waals surface area (Å²) in [5, 5.41) is 5.05. The zero-order chi connectivity index (χ0) is 20.6. The first-order valence-corrected chi connectivity index (χ1v) is 11.3. The summed E-state index contributed by atoms with van der Waals surface area (Å²) in [5.74, 6) is 0.256. The van der Waals surface area contributed by atoms with E-state index in [1.165, 1.54) is 0 Å². The zero-order valence-electron chi connectivity index (χ0n) is 16.0. The Bertz CT molecular complexity index is 1110. The standard InChI is InChI=1S/C20H21BrClN3O2S/c1-12-9-13(2)15(4)19(14(12)3)28(26,27)24-20-18(21)11-25(23-20)10-16-5-7-17(22)8-6-16/h5-9,11H,10H2,1-4H3,(H,23,24). The van der Waals surface area contributed by atoms with E-state index in [1.54, 1.807) is 10.9 Å². The van der Waals surface area contributed by atoms with Crippen LogP contribution in [0.3, 0.4) is 0 Å². The van der Waals surface area contributed by atoms with Gasteiger partial charge in [0.25, 0.3) is 10.0 Å². The van der Waals surface area contributed by atoms with Crippen LogP contribution in [0.25, 0.3) is 0 Å². The maximum atomic E-state index is 13.1. The third-order valence-corrected chi connectivity index (χ3v) is 7.22. The van der Waals surface area contributed by atoms with Gasteiger partial charge in [-0.05, 0) is 83.6 Å². The lowest BCUT2D eigenvalue weighted by Crippen LogP contribution is -2.17. The van der Waals surface area contributed by atoms with E-state index < -0.39 is 10.0 Å². The topological polar surface area (TPSA) is 64.0 Å². The molecule has 0 radical (unpaired) electrons. The summed E-state index contributed by atoms with van der Waals surface area (Å²) in [7, 11) is -3.78. The summed E-state index contributed by atoms with van der Waals surface area (Å²) < 4.78 is 31.1. The second-order valence-electron chi connectivity index (χ2n) is 6.84. The van der Waals surface area contributed by atoms with Gasteiger partial charge in [0.15, 0.2) is 5.82 Å². The van der Waals surface area contributed by atoms with Crippen LogP contribution in [0.15, 0.2) is 45.9 Å².